The van der Waals surface area contributed by atoms with Gasteiger partial charge in [-0.15, -0.1) is 0 Å². The maximum atomic E-state index is 2.12. The summed E-state index contributed by atoms with van der Waals surface area (Å²) in [6.07, 6.45) is 1.25. The third kappa shape index (κ3) is 58400. The molecular formula is C6H18N. The lowest BCUT2D eigenvalue weighted by molar-refractivity contribution is 1.09. The molecule has 0 aromatic carbocycles. The third-order valence-electron chi connectivity index (χ3n) is 0. The smallest absolute Gasteiger partial charge is 0 e. The number of rotatable bonds is 0. The molecule has 0 heterocycles. The van der Waals surface area contributed by atoms with Gasteiger partial charge in [-0.1, -0.05) is 41.5 Å². The Morgan fingerprint density at radius 2 is 1.00 bits per heavy atom. The zero-order chi connectivity index (χ0) is 4.71. The minimum absolute atomic E-state index is 0. The van der Waals surface area contributed by atoms with Gasteiger partial charge < -0.3 is 0 Å². The zero-order valence-electron chi connectivity index (χ0n) is 5.15. The van der Waals surface area contributed by atoms with Crippen molar-refractivity contribution in [2.24, 2.45) is 0 Å². The van der Waals surface area contributed by atoms with Gasteiger partial charge in [0, 0.05) is 6.15 Å². The molecule has 3 radical (unpaired) electrons. The third-order valence-corrected chi connectivity index (χ3v) is 0. The van der Waals surface area contributed by atoms with Gasteiger partial charge in [0.05, 0.1) is 0 Å². The second-order valence-electron chi connectivity index (χ2n) is 0.707. The molecule has 0 aliphatic carbocycles. The zero-order valence-corrected chi connectivity index (χ0v) is 5.15. The summed E-state index contributed by atoms with van der Waals surface area (Å²) in [6.45, 7) is 8.25. The quantitative estimate of drug-likeness (QED) is 0.452. The Bertz CT molecular complexity index is 4.14. The van der Waals surface area contributed by atoms with Gasteiger partial charge in [-0.25, -0.2) is 0 Å². The fourth-order valence-corrected chi connectivity index (χ4v) is 0. The molecule has 0 atom stereocenters. The lowest BCUT2D eigenvalue weighted by Crippen LogP contribution is -1.27. The minimum atomic E-state index is 0. The van der Waals surface area contributed by atoms with Gasteiger partial charge >= 0.3 is 0 Å². The standard InChI is InChI=1S/C3H8.C2H6.CH4.N/c1-3-2;1-2;;/h3H2,1-2H3;1-2H3;1H4;. The maximum Gasteiger partial charge on any atom is 0 e. The average Bonchev–Trinajstić information content (AvgIpc) is 1.46. The van der Waals surface area contributed by atoms with Crippen LogP contribution in [0.3, 0.4) is 0 Å². The second kappa shape index (κ2) is 159. The van der Waals surface area contributed by atoms with Crippen LogP contribution in [0.5, 0.6) is 0 Å². The van der Waals surface area contributed by atoms with E-state index in [0.29, 0.717) is 0 Å². The highest BCUT2D eigenvalue weighted by molar-refractivity contribution is 3.92. The van der Waals surface area contributed by atoms with E-state index in [-0.39, 0.29) is 13.6 Å². The largest absolute Gasteiger partial charge is 0.0776 e. The molecule has 0 rings (SSSR count). The number of hydrogen-bond acceptors (Lipinski definition) is 0. The molecule has 0 aliphatic heterocycles. The Morgan fingerprint density at radius 1 is 1.00 bits per heavy atom. The van der Waals surface area contributed by atoms with Crippen molar-refractivity contribution in [1.82, 2.24) is 6.15 Å². The predicted octanol–water partition coefficient (Wildman–Crippen LogP) is 2.60. The van der Waals surface area contributed by atoms with Crippen molar-refractivity contribution in [3.05, 3.63) is 0 Å². The van der Waals surface area contributed by atoms with Crippen molar-refractivity contribution >= 4 is 0 Å². The molecule has 0 aliphatic rings. The van der Waals surface area contributed by atoms with Crippen molar-refractivity contribution in [2.45, 2.75) is 41.5 Å². The molecule has 0 aromatic rings. The molecule has 7 heavy (non-hydrogen) atoms. The summed E-state index contributed by atoms with van der Waals surface area (Å²) >= 11 is 0. The molecule has 0 N–H and O–H groups in total. The molecular weight excluding hydrogens is 86.1 g/mol. The van der Waals surface area contributed by atoms with Crippen molar-refractivity contribution in [3.8, 4) is 0 Å². The Balaban J connectivity index is -0.0000000105. The van der Waals surface area contributed by atoms with E-state index in [2.05, 4.69) is 13.8 Å². The van der Waals surface area contributed by atoms with E-state index < -0.39 is 0 Å². The van der Waals surface area contributed by atoms with E-state index in [9.17, 15) is 0 Å². The lowest BCUT2D eigenvalue weighted by atomic mass is 10.6. The van der Waals surface area contributed by atoms with Gasteiger partial charge in [-0.3, -0.25) is 0 Å². The van der Waals surface area contributed by atoms with Gasteiger partial charge in [-0.2, -0.15) is 0 Å². The molecule has 1 heteroatoms. The van der Waals surface area contributed by atoms with Gasteiger partial charge in [0.1, 0.15) is 0 Å². The molecule has 0 saturated heterocycles. The van der Waals surface area contributed by atoms with Crippen molar-refractivity contribution < 1.29 is 0 Å². The molecule has 0 amide bonds. The summed E-state index contributed by atoms with van der Waals surface area (Å²) in [6, 6.07) is 0. The van der Waals surface area contributed by atoms with E-state index >= 15 is 0 Å². The molecule has 0 fully saturated rings. The Morgan fingerprint density at radius 3 is 1.00 bits per heavy atom. The van der Waals surface area contributed by atoms with Crippen LogP contribution in [0.25, 0.3) is 0 Å². The van der Waals surface area contributed by atoms with Crippen molar-refractivity contribution in [2.75, 3.05) is 0 Å². The monoisotopic (exact) mass is 104 g/mol. The summed E-state index contributed by atoms with van der Waals surface area (Å²) in [7, 11) is 0. The van der Waals surface area contributed by atoms with Crippen LogP contribution < -0.4 is 6.15 Å². The van der Waals surface area contributed by atoms with Crippen molar-refractivity contribution in [3.63, 3.8) is 0 Å². The fourth-order valence-electron chi connectivity index (χ4n) is 0. The van der Waals surface area contributed by atoms with E-state index in [4.69, 9.17) is 0 Å². The Labute approximate surface area is 48.7 Å². The summed E-state index contributed by atoms with van der Waals surface area (Å²) in [5, 5.41) is 0. The summed E-state index contributed by atoms with van der Waals surface area (Å²) in [5.74, 6) is 0. The maximum absolute atomic E-state index is 2.12. The normalized spacial score (nSPS) is 3.43. The minimum Gasteiger partial charge on any atom is -0.0776 e. The highest BCUT2D eigenvalue weighted by Gasteiger charge is 1.35. The van der Waals surface area contributed by atoms with Gasteiger partial charge in [0.25, 0.3) is 0 Å². The van der Waals surface area contributed by atoms with E-state index in [1.165, 1.54) is 6.42 Å². The first-order chi connectivity index (χ1) is 2.41. The first kappa shape index (κ1) is 28.2. The highest BCUT2D eigenvalue weighted by atomic mass is 14.0. The topological polar surface area (TPSA) is 30.5 Å². The molecule has 0 unspecified atom stereocenters. The van der Waals surface area contributed by atoms with Crippen LogP contribution in [0.2, 0.25) is 0 Å². The Kier molecular flexibility index (Phi) is 641. The van der Waals surface area contributed by atoms with Crippen LogP contribution in [0, 0.1) is 0 Å². The van der Waals surface area contributed by atoms with E-state index in [1.54, 1.807) is 0 Å². The second-order valence-corrected chi connectivity index (χ2v) is 0.707. The Hall–Kier alpha value is -0.0400. The van der Waals surface area contributed by atoms with Crippen LogP contribution in [0.1, 0.15) is 41.5 Å². The SMILES string of the molecule is C.CC.CCC.[N]. The summed E-state index contributed by atoms with van der Waals surface area (Å²) in [5.41, 5.74) is 0. The van der Waals surface area contributed by atoms with E-state index in [1.807, 2.05) is 13.8 Å². The van der Waals surface area contributed by atoms with Gasteiger partial charge in [-0.05, 0) is 0 Å². The van der Waals surface area contributed by atoms with Gasteiger partial charge in [0.2, 0.25) is 0 Å². The molecule has 0 spiro atoms. The summed E-state index contributed by atoms with van der Waals surface area (Å²) in [4.78, 5) is 0. The average molecular weight is 104 g/mol. The first-order valence-electron chi connectivity index (χ1n) is 2.41. The predicted molar refractivity (Wildman–Crippen MR) is 36.2 cm³/mol. The first-order valence-corrected chi connectivity index (χ1v) is 2.41. The van der Waals surface area contributed by atoms with Crippen LogP contribution in [0.4, 0.5) is 0 Å². The van der Waals surface area contributed by atoms with Gasteiger partial charge in [0.15, 0.2) is 0 Å². The number of nitrogens with zero attached hydrogens (tertiary/aromatic N) is 1. The fraction of sp³-hybridized carbons (Fsp3) is 1.00. The lowest BCUT2D eigenvalue weighted by Gasteiger charge is -1.48. The number of hydrogen-bond donors (Lipinski definition) is 0. The molecule has 0 saturated carbocycles. The molecule has 1 nitrogen and oxygen atoms in total. The van der Waals surface area contributed by atoms with Crippen LogP contribution in [0.15, 0.2) is 0 Å². The van der Waals surface area contributed by atoms with Crippen LogP contribution in [-0.2, 0) is 0 Å². The van der Waals surface area contributed by atoms with Crippen molar-refractivity contribution in [1.29, 1.82) is 0 Å². The van der Waals surface area contributed by atoms with E-state index in [0.717, 1.165) is 0 Å². The summed E-state index contributed by atoms with van der Waals surface area (Å²) < 4.78 is 0. The molecule has 0 aromatic heterocycles. The molecule has 47 valence electrons. The van der Waals surface area contributed by atoms with Crippen LogP contribution >= 0.6 is 0 Å². The van der Waals surface area contributed by atoms with Crippen LogP contribution in [-0.4, -0.2) is 0 Å². The molecule has 0 bridgehead atoms. The highest BCUT2D eigenvalue weighted by Crippen LogP contribution is 1.56.